The lowest BCUT2D eigenvalue weighted by atomic mass is 9.73. The van der Waals surface area contributed by atoms with Crippen LogP contribution >= 0.6 is 0 Å². The van der Waals surface area contributed by atoms with Crippen molar-refractivity contribution in [2.75, 3.05) is 24.5 Å². The molecular formula is C19H23N5O. The van der Waals surface area contributed by atoms with Crippen LogP contribution in [0.5, 0.6) is 0 Å². The van der Waals surface area contributed by atoms with Crippen molar-refractivity contribution in [1.82, 2.24) is 19.9 Å². The number of rotatable bonds is 3. The molecule has 1 atom stereocenters. The van der Waals surface area contributed by atoms with Gasteiger partial charge in [-0.05, 0) is 37.5 Å². The molecule has 25 heavy (non-hydrogen) atoms. The van der Waals surface area contributed by atoms with E-state index in [9.17, 15) is 4.79 Å². The van der Waals surface area contributed by atoms with Crippen molar-refractivity contribution in [3.63, 3.8) is 0 Å². The molecule has 1 amide bonds. The molecule has 0 saturated carbocycles. The van der Waals surface area contributed by atoms with Gasteiger partial charge in [-0.2, -0.15) is 0 Å². The lowest BCUT2D eigenvalue weighted by molar-refractivity contribution is -0.138. The number of piperidine rings is 2. The van der Waals surface area contributed by atoms with Crippen molar-refractivity contribution in [1.29, 1.82) is 0 Å². The van der Waals surface area contributed by atoms with E-state index in [1.54, 1.807) is 18.6 Å². The van der Waals surface area contributed by atoms with Gasteiger partial charge in [-0.1, -0.05) is 6.07 Å². The Morgan fingerprint density at radius 1 is 1.00 bits per heavy atom. The van der Waals surface area contributed by atoms with Crippen molar-refractivity contribution in [3.8, 4) is 0 Å². The average Bonchev–Trinajstić information content (AvgIpc) is 2.67. The summed E-state index contributed by atoms with van der Waals surface area (Å²) in [6.07, 6.45) is 9.22. The van der Waals surface area contributed by atoms with Gasteiger partial charge in [0.1, 0.15) is 0 Å². The predicted octanol–water partition coefficient (Wildman–Crippen LogP) is 2.28. The average molecular weight is 337 g/mol. The van der Waals surface area contributed by atoms with Gasteiger partial charge in [0.2, 0.25) is 11.9 Å². The van der Waals surface area contributed by atoms with E-state index in [4.69, 9.17) is 0 Å². The van der Waals surface area contributed by atoms with Crippen molar-refractivity contribution in [3.05, 3.63) is 48.5 Å². The molecule has 4 rings (SSSR count). The van der Waals surface area contributed by atoms with E-state index in [1.165, 1.54) is 0 Å². The van der Waals surface area contributed by atoms with Gasteiger partial charge < -0.3 is 9.80 Å². The first-order valence-electron chi connectivity index (χ1n) is 8.94. The minimum atomic E-state index is 0.139. The van der Waals surface area contributed by atoms with E-state index in [0.717, 1.165) is 50.5 Å². The Kier molecular flexibility index (Phi) is 4.34. The lowest BCUT2D eigenvalue weighted by Gasteiger charge is -2.48. The molecular weight excluding hydrogens is 314 g/mol. The maximum atomic E-state index is 12.4. The molecule has 0 radical (unpaired) electrons. The second-order valence-corrected chi connectivity index (χ2v) is 7.14. The summed E-state index contributed by atoms with van der Waals surface area (Å²) in [6, 6.07) is 7.71. The zero-order valence-corrected chi connectivity index (χ0v) is 14.3. The van der Waals surface area contributed by atoms with Crippen molar-refractivity contribution < 1.29 is 4.79 Å². The largest absolute Gasteiger partial charge is 0.340 e. The maximum Gasteiger partial charge on any atom is 0.225 e. The third-order valence-electron chi connectivity index (χ3n) is 5.32. The summed E-state index contributed by atoms with van der Waals surface area (Å²) in [5.74, 6) is 1.04. The summed E-state index contributed by atoms with van der Waals surface area (Å²) in [5, 5.41) is 0. The molecule has 2 aliphatic heterocycles. The van der Waals surface area contributed by atoms with Crippen LogP contribution in [0, 0.1) is 5.41 Å². The van der Waals surface area contributed by atoms with Gasteiger partial charge in [0.05, 0.1) is 12.2 Å². The Hall–Kier alpha value is -2.50. The van der Waals surface area contributed by atoms with Crippen LogP contribution in [-0.2, 0) is 11.3 Å². The minimum Gasteiger partial charge on any atom is -0.340 e. The van der Waals surface area contributed by atoms with Gasteiger partial charge in [0, 0.05) is 50.1 Å². The molecule has 1 spiro atoms. The standard InChI is InChI=1S/C19H23N5O/c25-17-6-8-19(15-24(17)13-16-5-1-2-9-20-16)7-3-12-23(14-19)18-21-10-4-11-22-18/h1-2,4-5,9-11H,3,6-8,12-15H2. The highest BCUT2D eigenvalue weighted by Gasteiger charge is 2.42. The minimum absolute atomic E-state index is 0.139. The van der Waals surface area contributed by atoms with Gasteiger partial charge in [-0.25, -0.2) is 9.97 Å². The summed E-state index contributed by atoms with van der Waals surface area (Å²) < 4.78 is 0. The number of nitrogens with zero attached hydrogens (tertiary/aromatic N) is 5. The predicted molar refractivity (Wildman–Crippen MR) is 94.8 cm³/mol. The second kappa shape index (κ2) is 6.78. The number of hydrogen-bond acceptors (Lipinski definition) is 5. The smallest absolute Gasteiger partial charge is 0.225 e. The van der Waals surface area contributed by atoms with E-state index in [1.807, 2.05) is 29.2 Å². The van der Waals surface area contributed by atoms with Crippen LogP contribution in [0.25, 0.3) is 0 Å². The van der Waals surface area contributed by atoms with Crippen molar-refractivity contribution in [2.24, 2.45) is 5.41 Å². The van der Waals surface area contributed by atoms with E-state index in [2.05, 4.69) is 19.9 Å². The molecule has 0 bridgehead atoms. The fourth-order valence-electron chi connectivity index (χ4n) is 4.10. The van der Waals surface area contributed by atoms with E-state index in [0.29, 0.717) is 13.0 Å². The number of carbonyl (C=O) groups excluding carboxylic acids is 1. The summed E-state index contributed by atoms with van der Waals surface area (Å²) in [7, 11) is 0. The van der Waals surface area contributed by atoms with E-state index >= 15 is 0 Å². The number of amides is 1. The topological polar surface area (TPSA) is 62.2 Å². The molecule has 6 heteroatoms. The van der Waals surface area contributed by atoms with Crippen LogP contribution in [0.15, 0.2) is 42.9 Å². The molecule has 0 aliphatic carbocycles. The Bertz CT molecular complexity index is 723. The van der Waals surface area contributed by atoms with Crippen LogP contribution in [0.4, 0.5) is 5.95 Å². The first-order chi connectivity index (χ1) is 12.2. The van der Waals surface area contributed by atoms with Gasteiger partial charge in [0.25, 0.3) is 0 Å². The molecule has 2 aliphatic rings. The van der Waals surface area contributed by atoms with Gasteiger partial charge in [-0.3, -0.25) is 9.78 Å². The van der Waals surface area contributed by atoms with Crippen LogP contribution in [0.2, 0.25) is 0 Å². The molecule has 6 nitrogen and oxygen atoms in total. The Balaban J connectivity index is 1.50. The van der Waals surface area contributed by atoms with Crippen LogP contribution in [-0.4, -0.2) is 45.4 Å². The quantitative estimate of drug-likeness (QED) is 0.860. The molecule has 0 aromatic carbocycles. The first-order valence-corrected chi connectivity index (χ1v) is 8.94. The molecule has 2 saturated heterocycles. The molecule has 1 unspecified atom stereocenters. The van der Waals surface area contributed by atoms with Crippen LogP contribution < -0.4 is 4.90 Å². The van der Waals surface area contributed by atoms with Crippen LogP contribution in [0.1, 0.15) is 31.4 Å². The van der Waals surface area contributed by atoms with Crippen molar-refractivity contribution in [2.45, 2.75) is 32.2 Å². The number of pyridine rings is 1. The highest BCUT2D eigenvalue weighted by atomic mass is 16.2. The normalized spacial score (nSPS) is 23.9. The van der Waals surface area contributed by atoms with Gasteiger partial charge >= 0.3 is 0 Å². The SMILES string of the molecule is O=C1CCC2(CCCN(c3ncccn3)C2)CN1Cc1ccccn1. The summed E-state index contributed by atoms with van der Waals surface area (Å²) >= 11 is 0. The van der Waals surface area contributed by atoms with Gasteiger partial charge in [-0.15, -0.1) is 0 Å². The fraction of sp³-hybridized carbons (Fsp3) is 0.474. The molecule has 2 aromatic rings. The number of hydrogen-bond donors (Lipinski definition) is 0. The van der Waals surface area contributed by atoms with E-state index in [-0.39, 0.29) is 11.3 Å². The molecule has 130 valence electrons. The van der Waals surface area contributed by atoms with Gasteiger partial charge in [0.15, 0.2) is 0 Å². The molecule has 2 aromatic heterocycles. The summed E-state index contributed by atoms with van der Waals surface area (Å²) in [6.45, 7) is 3.30. The molecule has 0 N–H and O–H groups in total. The number of aromatic nitrogens is 3. The van der Waals surface area contributed by atoms with E-state index < -0.39 is 0 Å². The van der Waals surface area contributed by atoms with Crippen molar-refractivity contribution >= 4 is 11.9 Å². The number of likely N-dealkylation sites (tertiary alicyclic amines) is 1. The molecule has 2 fully saturated rings. The summed E-state index contributed by atoms with van der Waals surface area (Å²) in [4.78, 5) is 29.9. The third kappa shape index (κ3) is 3.48. The number of anilines is 1. The number of carbonyl (C=O) groups is 1. The highest BCUT2D eigenvalue weighted by molar-refractivity contribution is 5.77. The Labute approximate surface area is 147 Å². The monoisotopic (exact) mass is 337 g/mol. The van der Waals surface area contributed by atoms with Crippen LogP contribution in [0.3, 0.4) is 0 Å². The first kappa shape index (κ1) is 16.0. The zero-order valence-electron chi connectivity index (χ0n) is 14.3. The third-order valence-corrected chi connectivity index (χ3v) is 5.32. The second-order valence-electron chi connectivity index (χ2n) is 7.14. The maximum absolute atomic E-state index is 12.4. The molecule has 4 heterocycles. The Morgan fingerprint density at radius 2 is 1.84 bits per heavy atom. The highest BCUT2D eigenvalue weighted by Crippen LogP contribution is 2.39. The summed E-state index contributed by atoms with van der Waals surface area (Å²) in [5.41, 5.74) is 1.09. The zero-order chi connectivity index (χ0) is 17.1. The Morgan fingerprint density at radius 3 is 2.64 bits per heavy atom. The lowest BCUT2D eigenvalue weighted by Crippen LogP contribution is -2.54. The fourth-order valence-corrected chi connectivity index (χ4v) is 4.10.